The van der Waals surface area contributed by atoms with Crippen LogP contribution in [-0.2, 0) is 16.0 Å². The Bertz CT molecular complexity index is 1490. The van der Waals surface area contributed by atoms with Gasteiger partial charge in [-0.15, -0.1) is 0 Å². The Morgan fingerprint density at radius 1 is 1.19 bits per heavy atom. The smallest absolute Gasteiger partial charge is 0.306 e. The van der Waals surface area contributed by atoms with E-state index < -0.39 is 0 Å². The van der Waals surface area contributed by atoms with Crippen molar-refractivity contribution < 1.29 is 18.8 Å². The fourth-order valence-electron chi connectivity index (χ4n) is 4.94. The number of hydrogen-bond donors (Lipinski definition) is 1. The van der Waals surface area contributed by atoms with Crippen molar-refractivity contribution in [2.24, 2.45) is 5.92 Å². The summed E-state index contributed by atoms with van der Waals surface area (Å²) in [5.41, 5.74) is 5.37. The molecule has 0 aliphatic heterocycles. The third kappa shape index (κ3) is 4.22. The number of aryl methyl sites for hydroxylation is 1. The Hall–Kier alpha value is -4.12. The second-order valence-corrected chi connectivity index (χ2v) is 9.52. The molecule has 1 fully saturated rings. The molecule has 182 valence electrons. The molecular weight excluding hydrogens is 456 g/mol. The van der Waals surface area contributed by atoms with Gasteiger partial charge in [0, 0.05) is 33.6 Å². The summed E-state index contributed by atoms with van der Waals surface area (Å²) in [5.74, 6) is 2.02. The minimum Gasteiger partial charge on any atom is -0.492 e. The number of ether oxygens (including phenoxy) is 2. The fourth-order valence-corrected chi connectivity index (χ4v) is 4.94. The van der Waals surface area contributed by atoms with Gasteiger partial charge in [-0.1, -0.05) is 5.16 Å². The van der Waals surface area contributed by atoms with Crippen LogP contribution in [0.25, 0.3) is 33.7 Å². The standard InChI is InChI=1S/C28H26N4O4/c1-2-34-25(33)13-17-5-8-21-22-12-18(6-9-23(22)30-26(17)21)27-31-28(36-32-27)19-7-10-24(20(11-19)14-29)35-15-16-3-4-16/h6-7,9-12,16-17,30H,2-5,8,13,15H2,1H3. The van der Waals surface area contributed by atoms with E-state index in [-0.39, 0.29) is 11.9 Å². The van der Waals surface area contributed by atoms with Crippen molar-refractivity contribution in [1.29, 1.82) is 5.26 Å². The van der Waals surface area contributed by atoms with Gasteiger partial charge in [-0.25, -0.2) is 0 Å². The van der Waals surface area contributed by atoms with Gasteiger partial charge < -0.3 is 19.0 Å². The number of H-pyrrole nitrogens is 1. The summed E-state index contributed by atoms with van der Waals surface area (Å²) in [5, 5.41) is 14.9. The van der Waals surface area contributed by atoms with Crippen LogP contribution >= 0.6 is 0 Å². The summed E-state index contributed by atoms with van der Waals surface area (Å²) in [4.78, 5) is 20.1. The lowest BCUT2D eigenvalue weighted by Crippen LogP contribution is -2.08. The van der Waals surface area contributed by atoms with Crippen LogP contribution in [0.15, 0.2) is 40.9 Å². The molecule has 2 aromatic carbocycles. The lowest BCUT2D eigenvalue weighted by Gasteiger charge is -2.08. The molecule has 0 bridgehead atoms. The van der Waals surface area contributed by atoms with Crippen LogP contribution in [0.2, 0.25) is 0 Å². The van der Waals surface area contributed by atoms with E-state index in [0.29, 0.717) is 54.1 Å². The largest absolute Gasteiger partial charge is 0.492 e. The normalized spacial score (nSPS) is 16.6. The van der Waals surface area contributed by atoms with Crippen LogP contribution in [0.3, 0.4) is 0 Å². The van der Waals surface area contributed by atoms with Crippen LogP contribution in [0.4, 0.5) is 0 Å². The third-order valence-corrected chi connectivity index (χ3v) is 7.01. The number of carbonyl (C=O) groups is 1. The van der Waals surface area contributed by atoms with E-state index in [9.17, 15) is 10.1 Å². The van der Waals surface area contributed by atoms with E-state index in [1.54, 1.807) is 12.1 Å². The molecule has 1 N–H and O–H groups in total. The SMILES string of the molecule is CCOC(=O)CC1CCc2c1[nH]c1ccc(-c3noc(-c4ccc(OCC5CC5)c(C#N)c4)n3)cc21. The van der Waals surface area contributed by atoms with Gasteiger partial charge in [-0.2, -0.15) is 10.2 Å². The molecule has 2 aliphatic rings. The number of carbonyl (C=O) groups excluding carboxylic acids is 1. The maximum absolute atomic E-state index is 12.0. The molecule has 1 atom stereocenters. The molecule has 0 radical (unpaired) electrons. The first-order valence-electron chi connectivity index (χ1n) is 12.4. The van der Waals surface area contributed by atoms with Gasteiger partial charge in [0.15, 0.2) is 0 Å². The predicted molar refractivity (Wildman–Crippen MR) is 132 cm³/mol. The Labute approximate surface area is 208 Å². The summed E-state index contributed by atoms with van der Waals surface area (Å²) in [6.07, 6.45) is 4.61. The summed E-state index contributed by atoms with van der Waals surface area (Å²) < 4.78 is 16.5. The maximum Gasteiger partial charge on any atom is 0.306 e. The monoisotopic (exact) mass is 482 g/mol. The van der Waals surface area contributed by atoms with Crippen LogP contribution in [0.1, 0.15) is 55.3 Å². The van der Waals surface area contributed by atoms with Gasteiger partial charge in [0.2, 0.25) is 5.82 Å². The molecule has 2 aromatic heterocycles. The number of aromatic nitrogens is 3. The summed E-state index contributed by atoms with van der Waals surface area (Å²) in [7, 11) is 0. The average Bonchev–Trinajstić information content (AvgIpc) is 3.28. The molecule has 2 heterocycles. The number of benzene rings is 2. The highest BCUT2D eigenvalue weighted by Crippen LogP contribution is 2.40. The van der Waals surface area contributed by atoms with E-state index in [2.05, 4.69) is 27.3 Å². The number of rotatable bonds is 8. The van der Waals surface area contributed by atoms with Crippen LogP contribution in [0, 0.1) is 17.2 Å². The molecule has 6 rings (SSSR count). The minimum absolute atomic E-state index is 0.150. The van der Waals surface area contributed by atoms with Crippen molar-refractivity contribution >= 4 is 16.9 Å². The van der Waals surface area contributed by atoms with Gasteiger partial charge in [-0.05, 0) is 80.5 Å². The highest BCUT2D eigenvalue weighted by Gasteiger charge is 2.29. The topological polar surface area (TPSA) is 114 Å². The Morgan fingerprint density at radius 2 is 2.06 bits per heavy atom. The summed E-state index contributed by atoms with van der Waals surface area (Å²) in [6, 6.07) is 13.6. The van der Waals surface area contributed by atoms with Gasteiger partial charge in [-0.3, -0.25) is 4.79 Å². The molecular formula is C28H26N4O4. The zero-order valence-electron chi connectivity index (χ0n) is 20.0. The molecule has 2 aliphatic carbocycles. The zero-order valence-corrected chi connectivity index (χ0v) is 20.0. The molecule has 8 nitrogen and oxygen atoms in total. The van der Waals surface area contributed by atoms with Crippen LogP contribution in [-0.4, -0.2) is 34.3 Å². The highest BCUT2D eigenvalue weighted by atomic mass is 16.5. The number of nitrogens with zero attached hydrogens (tertiary/aromatic N) is 3. The van der Waals surface area contributed by atoms with E-state index >= 15 is 0 Å². The molecule has 0 amide bonds. The molecule has 0 saturated heterocycles. The first-order valence-corrected chi connectivity index (χ1v) is 12.4. The van der Waals surface area contributed by atoms with E-state index in [1.807, 2.05) is 25.1 Å². The Balaban J connectivity index is 1.25. The average molecular weight is 483 g/mol. The summed E-state index contributed by atoms with van der Waals surface area (Å²) in [6.45, 7) is 2.87. The van der Waals surface area contributed by atoms with Crippen molar-refractivity contribution in [2.75, 3.05) is 13.2 Å². The molecule has 36 heavy (non-hydrogen) atoms. The lowest BCUT2D eigenvalue weighted by molar-refractivity contribution is -0.143. The number of nitriles is 1. The molecule has 1 unspecified atom stereocenters. The van der Waals surface area contributed by atoms with Gasteiger partial charge in [0.1, 0.15) is 11.8 Å². The van der Waals surface area contributed by atoms with Crippen LogP contribution < -0.4 is 4.74 Å². The number of fused-ring (bicyclic) bond motifs is 3. The molecule has 1 saturated carbocycles. The Kier molecular flexibility index (Phi) is 5.68. The zero-order chi connectivity index (χ0) is 24.6. The number of aromatic amines is 1. The van der Waals surface area contributed by atoms with E-state index in [1.165, 1.54) is 18.4 Å². The maximum atomic E-state index is 12.0. The van der Waals surface area contributed by atoms with Crippen molar-refractivity contribution in [3.05, 3.63) is 53.2 Å². The van der Waals surface area contributed by atoms with Gasteiger partial charge >= 0.3 is 5.97 Å². The molecule has 0 spiro atoms. The molecule has 4 aromatic rings. The first-order chi connectivity index (χ1) is 17.6. The highest BCUT2D eigenvalue weighted by molar-refractivity contribution is 5.89. The van der Waals surface area contributed by atoms with Gasteiger partial charge in [0.25, 0.3) is 5.89 Å². The fraction of sp³-hybridized carbons (Fsp3) is 0.357. The third-order valence-electron chi connectivity index (χ3n) is 7.01. The van der Waals surface area contributed by atoms with Gasteiger partial charge in [0.05, 0.1) is 25.2 Å². The minimum atomic E-state index is -0.156. The van der Waals surface area contributed by atoms with Crippen molar-refractivity contribution in [3.63, 3.8) is 0 Å². The van der Waals surface area contributed by atoms with E-state index in [4.69, 9.17) is 14.0 Å². The molecule has 8 heteroatoms. The second-order valence-electron chi connectivity index (χ2n) is 9.52. The predicted octanol–water partition coefficient (Wildman–Crippen LogP) is 5.53. The second kappa shape index (κ2) is 9.15. The van der Waals surface area contributed by atoms with Crippen LogP contribution in [0.5, 0.6) is 5.75 Å². The van der Waals surface area contributed by atoms with Crippen molar-refractivity contribution in [1.82, 2.24) is 15.1 Å². The summed E-state index contributed by atoms with van der Waals surface area (Å²) >= 11 is 0. The quantitative estimate of drug-likeness (QED) is 0.329. The lowest BCUT2D eigenvalue weighted by atomic mass is 10.0. The number of nitrogens with one attached hydrogen (secondary N) is 1. The van der Waals surface area contributed by atoms with E-state index in [0.717, 1.165) is 35.0 Å². The number of hydrogen-bond acceptors (Lipinski definition) is 7. The van der Waals surface area contributed by atoms with Crippen molar-refractivity contribution in [2.45, 2.75) is 44.9 Å². The Morgan fingerprint density at radius 3 is 2.86 bits per heavy atom. The first kappa shape index (κ1) is 22.4. The van der Waals surface area contributed by atoms with Crippen molar-refractivity contribution in [3.8, 4) is 34.7 Å². The number of esters is 1.